The lowest BCUT2D eigenvalue weighted by Crippen LogP contribution is -2.29. The van der Waals surface area contributed by atoms with Gasteiger partial charge in [0.2, 0.25) is 11.8 Å². The van der Waals surface area contributed by atoms with Crippen molar-refractivity contribution in [1.29, 1.82) is 0 Å². The van der Waals surface area contributed by atoms with Crippen LogP contribution >= 0.6 is 0 Å². The molecule has 2 amide bonds. The lowest BCUT2D eigenvalue weighted by Gasteiger charge is -2.19. The van der Waals surface area contributed by atoms with E-state index in [-0.39, 0.29) is 23.7 Å². The van der Waals surface area contributed by atoms with Crippen molar-refractivity contribution in [3.8, 4) is 0 Å². The average Bonchev–Trinajstić information content (AvgIpc) is 2.57. The van der Waals surface area contributed by atoms with Gasteiger partial charge in [-0.1, -0.05) is 20.8 Å². The second-order valence-corrected chi connectivity index (χ2v) is 5.04. The summed E-state index contributed by atoms with van der Waals surface area (Å²) in [5, 5.41) is 9.87. The summed E-state index contributed by atoms with van der Waals surface area (Å²) in [5.41, 5.74) is 0.901. The molecule has 0 radical (unpaired) electrons. The maximum Gasteiger partial charge on any atom is 0.228 e. The Morgan fingerprint density at radius 1 is 1.56 bits per heavy atom. The molecule has 1 aromatic heterocycles. The molecule has 2 heterocycles. The van der Waals surface area contributed by atoms with Gasteiger partial charge in [-0.2, -0.15) is 5.10 Å². The van der Waals surface area contributed by atoms with E-state index in [4.69, 9.17) is 0 Å². The van der Waals surface area contributed by atoms with Gasteiger partial charge in [0.25, 0.3) is 0 Å². The maximum atomic E-state index is 11.7. The minimum Gasteiger partial charge on any atom is -0.310 e. The summed E-state index contributed by atoms with van der Waals surface area (Å²) < 4.78 is 1.59. The molecule has 1 aliphatic rings. The predicted octanol–water partition coefficient (Wildman–Crippen LogP) is 1.15. The molecular weight excluding hydrogens is 232 g/mol. The zero-order valence-electron chi connectivity index (χ0n) is 11.1. The van der Waals surface area contributed by atoms with Crippen molar-refractivity contribution in [3.05, 3.63) is 5.56 Å². The SMILES string of the molecule is CC(C)C(=O)Nc1nn(C)c2c1C[C@H](C)C(=O)N2. The van der Waals surface area contributed by atoms with Crippen LogP contribution in [0.2, 0.25) is 0 Å². The number of carbonyl (C=O) groups is 2. The molecule has 2 rings (SSSR count). The van der Waals surface area contributed by atoms with Crippen LogP contribution in [0.4, 0.5) is 11.6 Å². The topological polar surface area (TPSA) is 76.0 Å². The van der Waals surface area contributed by atoms with Crippen LogP contribution in [0.1, 0.15) is 26.3 Å². The minimum atomic E-state index is -0.101. The lowest BCUT2D eigenvalue weighted by atomic mass is 9.98. The van der Waals surface area contributed by atoms with Crippen molar-refractivity contribution in [2.24, 2.45) is 18.9 Å². The number of aromatic nitrogens is 2. The third kappa shape index (κ3) is 2.10. The van der Waals surface area contributed by atoms with Gasteiger partial charge in [-0.25, -0.2) is 0 Å². The summed E-state index contributed by atoms with van der Waals surface area (Å²) in [6.07, 6.45) is 0.600. The van der Waals surface area contributed by atoms with Crippen LogP contribution < -0.4 is 10.6 Å². The van der Waals surface area contributed by atoms with Crippen LogP contribution in [0.15, 0.2) is 0 Å². The fraction of sp³-hybridized carbons (Fsp3) is 0.583. The first-order chi connectivity index (χ1) is 8.40. The summed E-state index contributed by atoms with van der Waals surface area (Å²) >= 11 is 0. The Morgan fingerprint density at radius 2 is 2.22 bits per heavy atom. The Hall–Kier alpha value is -1.85. The molecule has 1 aliphatic heterocycles. The smallest absolute Gasteiger partial charge is 0.228 e. The first kappa shape index (κ1) is 12.6. The van der Waals surface area contributed by atoms with Gasteiger partial charge >= 0.3 is 0 Å². The molecule has 0 fully saturated rings. The normalized spacial score (nSPS) is 18.5. The summed E-state index contributed by atoms with van der Waals surface area (Å²) in [6, 6.07) is 0. The van der Waals surface area contributed by atoms with E-state index in [0.717, 1.165) is 5.56 Å². The molecule has 0 saturated heterocycles. The highest BCUT2D eigenvalue weighted by Gasteiger charge is 2.29. The van der Waals surface area contributed by atoms with Gasteiger partial charge in [-0.3, -0.25) is 14.3 Å². The molecule has 2 N–H and O–H groups in total. The zero-order valence-corrected chi connectivity index (χ0v) is 11.1. The van der Waals surface area contributed by atoms with Crippen molar-refractivity contribution in [3.63, 3.8) is 0 Å². The second kappa shape index (κ2) is 4.44. The molecule has 0 unspecified atom stereocenters. The molecule has 0 aliphatic carbocycles. The number of carbonyl (C=O) groups excluding carboxylic acids is 2. The van der Waals surface area contributed by atoms with Crippen LogP contribution in [0.25, 0.3) is 0 Å². The van der Waals surface area contributed by atoms with Crippen molar-refractivity contribution < 1.29 is 9.59 Å². The van der Waals surface area contributed by atoms with E-state index >= 15 is 0 Å². The molecular formula is C12H18N4O2. The van der Waals surface area contributed by atoms with E-state index in [1.54, 1.807) is 11.7 Å². The molecule has 0 saturated carbocycles. The Labute approximate surface area is 106 Å². The van der Waals surface area contributed by atoms with Crippen molar-refractivity contribution in [2.75, 3.05) is 10.6 Å². The molecule has 1 aromatic rings. The lowest BCUT2D eigenvalue weighted by molar-refractivity contribution is -0.120. The van der Waals surface area contributed by atoms with Crippen molar-refractivity contribution in [1.82, 2.24) is 9.78 Å². The third-order valence-corrected chi connectivity index (χ3v) is 3.11. The number of nitrogens with one attached hydrogen (secondary N) is 2. The Kier molecular flexibility index (Phi) is 3.11. The second-order valence-electron chi connectivity index (χ2n) is 5.04. The third-order valence-electron chi connectivity index (χ3n) is 3.11. The summed E-state index contributed by atoms with van der Waals surface area (Å²) in [7, 11) is 1.75. The number of anilines is 2. The number of fused-ring (bicyclic) bond motifs is 1. The van der Waals surface area contributed by atoms with Crippen LogP contribution in [-0.2, 0) is 23.1 Å². The predicted molar refractivity (Wildman–Crippen MR) is 68.2 cm³/mol. The van der Waals surface area contributed by atoms with Gasteiger partial charge in [0.15, 0.2) is 5.82 Å². The number of amides is 2. The molecule has 98 valence electrons. The summed E-state index contributed by atoms with van der Waals surface area (Å²) in [4.78, 5) is 23.3. The molecule has 0 spiro atoms. The van der Waals surface area contributed by atoms with Gasteiger partial charge < -0.3 is 10.6 Å². The molecule has 6 heteroatoms. The fourth-order valence-electron chi connectivity index (χ4n) is 1.92. The summed E-state index contributed by atoms with van der Waals surface area (Å²) in [6.45, 7) is 5.52. The van der Waals surface area contributed by atoms with Crippen molar-refractivity contribution >= 4 is 23.5 Å². The highest BCUT2D eigenvalue weighted by atomic mass is 16.2. The van der Waals surface area contributed by atoms with Crippen LogP contribution in [-0.4, -0.2) is 21.6 Å². The standard InChI is InChI=1S/C12H18N4O2/c1-6(2)11(17)13-9-8-5-7(3)12(18)14-10(8)16(4)15-9/h6-7H,5H2,1-4H3,(H,14,18)(H,13,15,17)/t7-/m0/s1. The first-order valence-electron chi connectivity index (χ1n) is 6.07. The van der Waals surface area contributed by atoms with Gasteiger partial charge in [-0.15, -0.1) is 0 Å². The van der Waals surface area contributed by atoms with E-state index in [1.807, 2.05) is 20.8 Å². The molecule has 1 atom stereocenters. The molecule has 6 nitrogen and oxygen atoms in total. The highest BCUT2D eigenvalue weighted by molar-refractivity contribution is 5.98. The number of hydrogen-bond donors (Lipinski definition) is 2. The first-order valence-corrected chi connectivity index (χ1v) is 6.07. The molecule has 0 aromatic carbocycles. The largest absolute Gasteiger partial charge is 0.310 e. The zero-order chi connectivity index (χ0) is 13.4. The molecule has 0 bridgehead atoms. The van der Waals surface area contributed by atoms with E-state index in [2.05, 4.69) is 15.7 Å². The van der Waals surface area contributed by atoms with E-state index in [0.29, 0.717) is 18.1 Å². The number of rotatable bonds is 2. The average molecular weight is 250 g/mol. The maximum absolute atomic E-state index is 11.7. The van der Waals surface area contributed by atoms with Crippen LogP contribution in [0, 0.1) is 11.8 Å². The number of aryl methyl sites for hydroxylation is 1. The fourth-order valence-corrected chi connectivity index (χ4v) is 1.92. The molecule has 18 heavy (non-hydrogen) atoms. The quantitative estimate of drug-likeness (QED) is 0.826. The van der Waals surface area contributed by atoms with Gasteiger partial charge in [0.1, 0.15) is 5.82 Å². The van der Waals surface area contributed by atoms with E-state index < -0.39 is 0 Å². The summed E-state index contributed by atoms with van der Waals surface area (Å²) in [5.74, 6) is 0.956. The number of hydrogen-bond acceptors (Lipinski definition) is 3. The van der Waals surface area contributed by atoms with E-state index in [9.17, 15) is 9.59 Å². The van der Waals surface area contributed by atoms with Crippen molar-refractivity contribution in [2.45, 2.75) is 27.2 Å². The van der Waals surface area contributed by atoms with Crippen LogP contribution in [0.5, 0.6) is 0 Å². The minimum absolute atomic E-state index is 0.00719. The number of nitrogens with zero attached hydrogens (tertiary/aromatic N) is 2. The Morgan fingerprint density at radius 3 is 2.83 bits per heavy atom. The van der Waals surface area contributed by atoms with E-state index in [1.165, 1.54) is 0 Å². The van der Waals surface area contributed by atoms with Gasteiger partial charge in [0.05, 0.1) is 0 Å². The highest BCUT2D eigenvalue weighted by Crippen LogP contribution is 2.31. The van der Waals surface area contributed by atoms with Gasteiger partial charge in [0, 0.05) is 24.4 Å². The monoisotopic (exact) mass is 250 g/mol. The van der Waals surface area contributed by atoms with Gasteiger partial charge in [-0.05, 0) is 6.42 Å². The van der Waals surface area contributed by atoms with Crippen LogP contribution in [0.3, 0.4) is 0 Å². The Balaban J connectivity index is 2.32. The Bertz CT molecular complexity index is 504.